The van der Waals surface area contributed by atoms with Crippen molar-refractivity contribution < 1.29 is 0 Å². The molecule has 0 aromatic heterocycles. The summed E-state index contributed by atoms with van der Waals surface area (Å²) >= 11 is 11.1. The van der Waals surface area contributed by atoms with Crippen LogP contribution in [-0.2, 0) is 0 Å². The molecule has 0 bridgehead atoms. The molecule has 23 heavy (non-hydrogen) atoms. The highest BCUT2D eigenvalue weighted by atomic mass is 35.5. The summed E-state index contributed by atoms with van der Waals surface area (Å²) in [6, 6.07) is 17.8. The second-order valence-electron chi connectivity index (χ2n) is 5.28. The minimum atomic E-state index is 0.0263. The average molecular weight is 342 g/mol. The summed E-state index contributed by atoms with van der Waals surface area (Å²) in [5.74, 6) is 0. The van der Waals surface area contributed by atoms with Crippen LogP contribution in [0.4, 0.5) is 0 Å². The van der Waals surface area contributed by atoms with Gasteiger partial charge in [0.2, 0.25) is 0 Å². The molecule has 5 heteroatoms. The van der Waals surface area contributed by atoms with Crippen molar-refractivity contribution in [2.45, 2.75) is 12.5 Å². The highest BCUT2D eigenvalue weighted by Gasteiger charge is 2.27. The molecule has 2 N–H and O–H groups in total. The van der Waals surface area contributed by atoms with Gasteiger partial charge in [-0.25, -0.2) is 5.01 Å². The van der Waals surface area contributed by atoms with Crippen molar-refractivity contribution in [1.29, 1.82) is 0 Å². The third kappa shape index (κ3) is 3.78. The van der Waals surface area contributed by atoms with Crippen LogP contribution < -0.4 is 5.73 Å². The van der Waals surface area contributed by atoms with Crippen molar-refractivity contribution >= 4 is 40.7 Å². The van der Waals surface area contributed by atoms with Gasteiger partial charge in [0.15, 0.2) is 5.11 Å². The summed E-state index contributed by atoms with van der Waals surface area (Å²) in [6.45, 7) is 0. The van der Waals surface area contributed by atoms with Crippen LogP contribution >= 0.6 is 23.8 Å². The zero-order valence-electron chi connectivity index (χ0n) is 12.4. The van der Waals surface area contributed by atoms with E-state index in [1.54, 1.807) is 5.01 Å². The zero-order valence-corrected chi connectivity index (χ0v) is 14.0. The fourth-order valence-electron chi connectivity index (χ4n) is 2.50. The minimum Gasteiger partial charge on any atom is -0.375 e. The third-order valence-electron chi connectivity index (χ3n) is 3.66. The first kappa shape index (κ1) is 15.7. The number of hydrazone groups is 1. The van der Waals surface area contributed by atoms with Crippen LogP contribution in [0.2, 0.25) is 5.02 Å². The van der Waals surface area contributed by atoms with Crippen LogP contribution in [0.5, 0.6) is 0 Å². The Kier molecular flexibility index (Phi) is 4.74. The molecule has 0 saturated carbocycles. The minimum absolute atomic E-state index is 0.0263. The van der Waals surface area contributed by atoms with Crippen molar-refractivity contribution in [3.8, 4) is 0 Å². The van der Waals surface area contributed by atoms with Gasteiger partial charge < -0.3 is 5.73 Å². The number of hydrogen-bond acceptors (Lipinski definition) is 2. The van der Waals surface area contributed by atoms with Gasteiger partial charge in [0.1, 0.15) is 0 Å². The van der Waals surface area contributed by atoms with E-state index in [-0.39, 0.29) is 11.2 Å². The number of halogens is 1. The smallest absolute Gasteiger partial charge is 0.187 e. The van der Waals surface area contributed by atoms with Gasteiger partial charge in [-0.2, -0.15) is 5.10 Å². The van der Waals surface area contributed by atoms with Crippen molar-refractivity contribution in [1.82, 2.24) is 5.01 Å². The summed E-state index contributed by atoms with van der Waals surface area (Å²) in [5, 5.41) is 7.25. The van der Waals surface area contributed by atoms with Crippen molar-refractivity contribution in [3.05, 3.63) is 76.8 Å². The molecule has 0 saturated heterocycles. The summed E-state index contributed by atoms with van der Waals surface area (Å²) in [6.07, 6.45) is 4.90. The Morgan fingerprint density at radius 3 is 2.52 bits per heavy atom. The Balaban J connectivity index is 1.81. The molecule has 0 fully saturated rings. The largest absolute Gasteiger partial charge is 0.375 e. The Morgan fingerprint density at radius 2 is 1.87 bits per heavy atom. The van der Waals surface area contributed by atoms with Gasteiger partial charge in [-0.15, -0.1) is 0 Å². The van der Waals surface area contributed by atoms with Crippen LogP contribution in [0.15, 0.2) is 65.8 Å². The molecule has 3 rings (SSSR count). The Hall–Kier alpha value is -2.17. The number of thiocarbonyl (C=S) groups is 1. The van der Waals surface area contributed by atoms with Gasteiger partial charge in [-0.1, -0.05) is 66.2 Å². The van der Waals surface area contributed by atoms with Gasteiger partial charge in [-0.05, 0) is 35.5 Å². The molecular formula is C18H16ClN3S. The van der Waals surface area contributed by atoms with Gasteiger partial charge >= 0.3 is 0 Å². The molecule has 0 aliphatic carbocycles. The number of benzene rings is 2. The highest BCUT2D eigenvalue weighted by Crippen LogP contribution is 2.22. The average Bonchev–Trinajstić information content (AvgIpc) is 2.99. The highest BCUT2D eigenvalue weighted by molar-refractivity contribution is 7.80. The van der Waals surface area contributed by atoms with Crippen LogP contribution in [0.3, 0.4) is 0 Å². The summed E-state index contributed by atoms with van der Waals surface area (Å²) in [7, 11) is 0. The number of rotatable bonds is 3. The number of hydrogen-bond donors (Lipinski definition) is 1. The number of nitrogens with two attached hydrogens (primary N) is 1. The Labute approximate surface area is 146 Å². The fraction of sp³-hybridized carbons (Fsp3) is 0.111. The van der Waals surface area contributed by atoms with E-state index in [1.807, 2.05) is 42.5 Å². The van der Waals surface area contributed by atoms with Crippen molar-refractivity contribution in [2.75, 3.05) is 0 Å². The molecule has 1 atom stereocenters. The number of nitrogens with zero attached hydrogens (tertiary/aromatic N) is 2. The molecule has 2 aromatic carbocycles. The molecule has 1 unspecified atom stereocenters. The lowest BCUT2D eigenvalue weighted by molar-refractivity contribution is 0.420. The maximum Gasteiger partial charge on any atom is 0.187 e. The van der Waals surface area contributed by atoms with E-state index in [0.717, 1.165) is 23.3 Å². The van der Waals surface area contributed by atoms with Crippen LogP contribution in [0, 0.1) is 0 Å². The molecule has 3 nitrogen and oxygen atoms in total. The SMILES string of the molecule is NC(=S)N1N=C(c2ccc(Cl)cc2)CC1/C=C/c1ccccc1. The second-order valence-corrected chi connectivity index (χ2v) is 6.13. The van der Waals surface area contributed by atoms with Gasteiger partial charge in [0.25, 0.3) is 0 Å². The molecule has 0 amide bonds. The standard InChI is InChI=1S/C18H16ClN3S/c19-15-9-7-14(8-10-15)17-12-16(22(21-17)18(20)23)11-6-13-4-2-1-3-5-13/h1-11,16H,12H2,(H2,20,23)/b11-6+. The topological polar surface area (TPSA) is 41.6 Å². The normalized spacial score (nSPS) is 17.5. The molecule has 0 spiro atoms. The second kappa shape index (κ2) is 6.94. The van der Waals surface area contributed by atoms with Crippen LogP contribution in [0.25, 0.3) is 6.08 Å². The van der Waals surface area contributed by atoms with E-state index in [4.69, 9.17) is 29.6 Å². The monoisotopic (exact) mass is 341 g/mol. The molecule has 0 radical (unpaired) electrons. The van der Waals surface area contributed by atoms with E-state index in [0.29, 0.717) is 5.02 Å². The first-order valence-corrected chi connectivity index (χ1v) is 8.07. The maximum atomic E-state index is 5.94. The molecule has 1 aliphatic rings. The van der Waals surface area contributed by atoms with E-state index >= 15 is 0 Å². The van der Waals surface area contributed by atoms with E-state index in [1.165, 1.54) is 0 Å². The lowest BCUT2D eigenvalue weighted by atomic mass is 10.0. The molecule has 2 aromatic rings. The van der Waals surface area contributed by atoms with E-state index in [2.05, 4.69) is 29.4 Å². The van der Waals surface area contributed by atoms with E-state index in [9.17, 15) is 0 Å². The van der Waals surface area contributed by atoms with Gasteiger partial charge in [0, 0.05) is 11.4 Å². The molecular weight excluding hydrogens is 326 g/mol. The predicted octanol–water partition coefficient (Wildman–Crippen LogP) is 4.08. The molecule has 116 valence electrons. The maximum absolute atomic E-state index is 5.94. The fourth-order valence-corrected chi connectivity index (χ4v) is 2.80. The quantitative estimate of drug-likeness (QED) is 0.855. The van der Waals surface area contributed by atoms with Crippen molar-refractivity contribution in [3.63, 3.8) is 0 Å². The third-order valence-corrected chi connectivity index (χ3v) is 4.10. The first-order chi connectivity index (χ1) is 11.1. The lowest BCUT2D eigenvalue weighted by Crippen LogP contribution is -2.35. The predicted molar refractivity (Wildman–Crippen MR) is 100 cm³/mol. The van der Waals surface area contributed by atoms with Gasteiger partial charge in [0.05, 0.1) is 11.8 Å². The summed E-state index contributed by atoms with van der Waals surface area (Å²) in [5.41, 5.74) is 8.94. The zero-order chi connectivity index (χ0) is 16.2. The summed E-state index contributed by atoms with van der Waals surface area (Å²) in [4.78, 5) is 0. The molecule has 1 aliphatic heterocycles. The van der Waals surface area contributed by atoms with Crippen LogP contribution in [0.1, 0.15) is 17.5 Å². The summed E-state index contributed by atoms with van der Waals surface area (Å²) < 4.78 is 0. The van der Waals surface area contributed by atoms with Gasteiger partial charge in [-0.3, -0.25) is 0 Å². The molecule has 1 heterocycles. The van der Waals surface area contributed by atoms with E-state index < -0.39 is 0 Å². The Morgan fingerprint density at radius 1 is 1.17 bits per heavy atom. The Bertz CT molecular complexity index is 754. The first-order valence-electron chi connectivity index (χ1n) is 7.29. The van der Waals surface area contributed by atoms with Crippen LogP contribution in [-0.4, -0.2) is 21.9 Å². The lowest BCUT2D eigenvalue weighted by Gasteiger charge is -2.18. The van der Waals surface area contributed by atoms with Crippen molar-refractivity contribution in [2.24, 2.45) is 10.8 Å².